The molecule has 2 rings (SSSR count). The van der Waals surface area contributed by atoms with Crippen molar-refractivity contribution in [1.29, 1.82) is 0 Å². The zero-order valence-corrected chi connectivity index (χ0v) is 19.9. The van der Waals surface area contributed by atoms with Crippen LogP contribution >= 0.6 is 0 Å². The Kier molecular flexibility index (Phi) is 8.72. The van der Waals surface area contributed by atoms with Crippen LogP contribution in [-0.2, 0) is 23.4 Å². The molecule has 1 unspecified atom stereocenters. The minimum Gasteiger partial charge on any atom is -0.466 e. The molecular formula is C24H36N4O4. The van der Waals surface area contributed by atoms with Crippen molar-refractivity contribution < 1.29 is 19.1 Å². The second kappa shape index (κ2) is 11.0. The van der Waals surface area contributed by atoms with Gasteiger partial charge < -0.3 is 29.8 Å². The van der Waals surface area contributed by atoms with Gasteiger partial charge in [0, 0.05) is 20.1 Å². The molecule has 176 valence electrons. The summed E-state index contributed by atoms with van der Waals surface area (Å²) in [5.41, 5.74) is 0.368. The third-order valence-electron chi connectivity index (χ3n) is 4.56. The molecule has 1 atom stereocenters. The largest absolute Gasteiger partial charge is 0.466 e. The van der Waals surface area contributed by atoms with Gasteiger partial charge in [-0.15, -0.1) is 0 Å². The zero-order valence-electron chi connectivity index (χ0n) is 19.9. The molecule has 0 fully saturated rings. The van der Waals surface area contributed by atoms with E-state index in [0.29, 0.717) is 31.4 Å². The Bertz CT molecular complexity index is 868. The van der Waals surface area contributed by atoms with Crippen molar-refractivity contribution in [3.05, 3.63) is 59.5 Å². The summed E-state index contributed by atoms with van der Waals surface area (Å²) in [6.07, 6.45) is 1.19. The summed E-state index contributed by atoms with van der Waals surface area (Å²) >= 11 is 0. The molecule has 0 bridgehead atoms. The fourth-order valence-electron chi connectivity index (χ4n) is 2.87. The van der Waals surface area contributed by atoms with Crippen molar-refractivity contribution in [3.63, 3.8) is 0 Å². The van der Waals surface area contributed by atoms with Crippen LogP contribution in [0.1, 0.15) is 51.5 Å². The average Bonchev–Trinajstić information content (AvgIpc) is 3.26. The highest BCUT2D eigenvalue weighted by molar-refractivity contribution is 5.79. The molecule has 32 heavy (non-hydrogen) atoms. The number of guanidine groups is 1. The van der Waals surface area contributed by atoms with Gasteiger partial charge in [0.05, 0.1) is 19.4 Å². The number of hydrogen-bond donors (Lipinski definition) is 3. The standard InChI is InChI=1S/C24H36N4O4/c1-7-25-21(27-17-24(5,30)20-9-8-14-31-20)26-15-18-10-12-19(13-11-18)16-28(6)22(29)32-23(2,3)4/h8-14,30H,7,15-17H2,1-6H3,(H2,25,26,27). The summed E-state index contributed by atoms with van der Waals surface area (Å²) in [5.74, 6) is 1.10. The Balaban J connectivity index is 1.93. The molecule has 8 nitrogen and oxygen atoms in total. The lowest BCUT2D eigenvalue weighted by Crippen LogP contribution is -2.44. The molecule has 8 heteroatoms. The number of carbonyl (C=O) groups is 1. The van der Waals surface area contributed by atoms with E-state index < -0.39 is 11.2 Å². The Labute approximate surface area is 190 Å². The first kappa shape index (κ1) is 25.3. The van der Waals surface area contributed by atoms with Crippen LogP contribution in [0.2, 0.25) is 0 Å². The smallest absolute Gasteiger partial charge is 0.410 e. The molecule has 3 N–H and O–H groups in total. The number of nitrogens with one attached hydrogen (secondary N) is 2. The van der Waals surface area contributed by atoms with E-state index in [1.807, 2.05) is 52.0 Å². The molecule has 0 spiro atoms. The number of ether oxygens (including phenoxy) is 1. The summed E-state index contributed by atoms with van der Waals surface area (Å²) < 4.78 is 10.7. The van der Waals surface area contributed by atoms with Gasteiger partial charge in [0.1, 0.15) is 17.0 Å². The average molecular weight is 445 g/mol. The van der Waals surface area contributed by atoms with E-state index in [0.717, 1.165) is 11.1 Å². The van der Waals surface area contributed by atoms with Crippen molar-refractivity contribution in [1.82, 2.24) is 15.5 Å². The van der Waals surface area contributed by atoms with Gasteiger partial charge in [0.2, 0.25) is 0 Å². The zero-order chi connectivity index (χ0) is 23.8. The van der Waals surface area contributed by atoms with Gasteiger partial charge in [-0.2, -0.15) is 0 Å². The van der Waals surface area contributed by atoms with Crippen LogP contribution in [0.4, 0.5) is 4.79 Å². The number of hydrogen-bond acceptors (Lipinski definition) is 5. The fraction of sp³-hybridized carbons (Fsp3) is 0.500. The Hall–Kier alpha value is -3.00. The third-order valence-corrected chi connectivity index (χ3v) is 4.56. The molecule has 1 aromatic carbocycles. The Morgan fingerprint density at radius 3 is 2.34 bits per heavy atom. The maximum atomic E-state index is 12.1. The van der Waals surface area contributed by atoms with Crippen molar-refractivity contribution in [2.24, 2.45) is 4.99 Å². The minimum atomic E-state index is -1.15. The monoisotopic (exact) mass is 444 g/mol. The van der Waals surface area contributed by atoms with Crippen LogP contribution in [0.5, 0.6) is 0 Å². The van der Waals surface area contributed by atoms with Crippen molar-refractivity contribution in [2.75, 3.05) is 20.1 Å². The number of carbonyl (C=O) groups excluding carboxylic acids is 1. The number of nitrogens with zero attached hydrogens (tertiary/aromatic N) is 2. The Morgan fingerprint density at radius 1 is 1.12 bits per heavy atom. The quantitative estimate of drug-likeness (QED) is 0.425. The van der Waals surface area contributed by atoms with Gasteiger partial charge >= 0.3 is 6.09 Å². The van der Waals surface area contributed by atoms with Gasteiger partial charge in [-0.1, -0.05) is 24.3 Å². The predicted octanol–water partition coefficient (Wildman–Crippen LogP) is 3.61. The Morgan fingerprint density at radius 2 is 1.78 bits per heavy atom. The topological polar surface area (TPSA) is 99.3 Å². The molecule has 2 aromatic rings. The van der Waals surface area contributed by atoms with Crippen LogP contribution in [-0.4, -0.2) is 47.8 Å². The third kappa shape index (κ3) is 8.26. The maximum absolute atomic E-state index is 12.1. The van der Waals surface area contributed by atoms with Crippen molar-refractivity contribution in [2.45, 2.75) is 58.9 Å². The first-order valence-corrected chi connectivity index (χ1v) is 10.8. The van der Waals surface area contributed by atoms with E-state index in [4.69, 9.17) is 9.15 Å². The lowest BCUT2D eigenvalue weighted by atomic mass is 10.0. The molecule has 0 saturated carbocycles. The first-order valence-electron chi connectivity index (χ1n) is 10.8. The van der Waals surface area contributed by atoms with Crippen LogP contribution < -0.4 is 10.6 Å². The van der Waals surface area contributed by atoms with E-state index in [1.54, 1.807) is 31.0 Å². The second-order valence-electron chi connectivity index (χ2n) is 8.95. The fourth-order valence-corrected chi connectivity index (χ4v) is 2.87. The molecule has 0 aliphatic rings. The summed E-state index contributed by atoms with van der Waals surface area (Å²) in [5, 5.41) is 16.9. The summed E-state index contributed by atoms with van der Waals surface area (Å²) in [4.78, 5) is 18.3. The molecular weight excluding hydrogens is 408 g/mol. The summed E-state index contributed by atoms with van der Waals surface area (Å²) in [7, 11) is 1.72. The van der Waals surface area contributed by atoms with Crippen molar-refractivity contribution in [3.8, 4) is 0 Å². The van der Waals surface area contributed by atoms with Crippen molar-refractivity contribution >= 4 is 12.1 Å². The lowest BCUT2D eigenvalue weighted by molar-refractivity contribution is 0.0285. The maximum Gasteiger partial charge on any atom is 0.410 e. The van der Waals surface area contributed by atoms with Gasteiger partial charge in [0.25, 0.3) is 0 Å². The van der Waals surface area contributed by atoms with E-state index in [-0.39, 0.29) is 12.6 Å². The van der Waals surface area contributed by atoms with Gasteiger partial charge in [0.15, 0.2) is 5.96 Å². The normalized spacial score (nSPS) is 13.9. The number of amides is 1. The molecule has 1 heterocycles. The molecule has 0 radical (unpaired) electrons. The lowest BCUT2D eigenvalue weighted by Gasteiger charge is -2.24. The highest BCUT2D eigenvalue weighted by atomic mass is 16.6. The molecule has 1 amide bonds. The minimum absolute atomic E-state index is 0.252. The molecule has 1 aromatic heterocycles. The summed E-state index contributed by atoms with van der Waals surface area (Å²) in [6.45, 7) is 11.1. The molecule has 0 aliphatic carbocycles. The predicted molar refractivity (Wildman–Crippen MR) is 125 cm³/mol. The van der Waals surface area contributed by atoms with Crippen LogP contribution in [0.3, 0.4) is 0 Å². The number of benzene rings is 1. The van der Waals surface area contributed by atoms with Crippen LogP contribution in [0.15, 0.2) is 52.1 Å². The number of furan rings is 1. The number of aliphatic hydroxyl groups is 1. The first-order chi connectivity index (χ1) is 15.0. The SMILES string of the molecule is CCNC(=NCc1ccc(CN(C)C(=O)OC(C)(C)C)cc1)NCC(C)(O)c1ccco1. The van der Waals surface area contributed by atoms with Gasteiger partial charge in [-0.3, -0.25) is 0 Å². The van der Waals surface area contributed by atoms with E-state index in [1.165, 1.54) is 6.26 Å². The summed E-state index contributed by atoms with van der Waals surface area (Å²) in [6, 6.07) is 11.4. The second-order valence-corrected chi connectivity index (χ2v) is 8.95. The van der Waals surface area contributed by atoms with E-state index in [2.05, 4.69) is 15.6 Å². The van der Waals surface area contributed by atoms with E-state index >= 15 is 0 Å². The number of rotatable bonds is 8. The number of aliphatic imine (C=N–C) groups is 1. The molecule has 0 saturated heterocycles. The van der Waals surface area contributed by atoms with E-state index in [9.17, 15) is 9.90 Å². The highest BCUT2D eigenvalue weighted by Crippen LogP contribution is 2.19. The van der Waals surface area contributed by atoms with Crippen LogP contribution in [0, 0.1) is 0 Å². The van der Waals surface area contributed by atoms with Crippen LogP contribution in [0.25, 0.3) is 0 Å². The highest BCUT2D eigenvalue weighted by Gasteiger charge is 2.26. The molecule has 0 aliphatic heterocycles. The van der Waals surface area contributed by atoms with Gasteiger partial charge in [-0.25, -0.2) is 9.79 Å². The van der Waals surface area contributed by atoms with Gasteiger partial charge in [-0.05, 0) is 57.9 Å².